The average molecular weight is 270 g/mol. The monoisotopic (exact) mass is 270 g/mol. The van der Waals surface area contributed by atoms with Gasteiger partial charge in [0, 0.05) is 5.16 Å². The van der Waals surface area contributed by atoms with Crippen LogP contribution in [-0.4, -0.2) is 5.16 Å². The Morgan fingerprint density at radius 1 is 0.824 bits per heavy atom. The quantitative estimate of drug-likeness (QED) is 0.437. The summed E-state index contributed by atoms with van der Waals surface area (Å²) in [6, 6.07) is 0. The SMILES string of the molecule is CC(C)(C)C1=CP=PC1(C(C)(C)C)C(C)(C)C. The van der Waals surface area contributed by atoms with E-state index in [0.29, 0.717) is 16.0 Å². The lowest BCUT2D eigenvalue weighted by Gasteiger charge is -2.54. The van der Waals surface area contributed by atoms with Crippen LogP contribution in [0.1, 0.15) is 62.3 Å². The summed E-state index contributed by atoms with van der Waals surface area (Å²) >= 11 is 0. The molecule has 0 atom stereocenters. The summed E-state index contributed by atoms with van der Waals surface area (Å²) in [6.07, 6.45) is 0. The van der Waals surface area contributed by atoms with Crippen molar-refractivity contribution in [1.29, 1.82) is 0 Å². The van der Waals surface area contributed by atoms with Gasteiger partial charge in [-0.05, 0) is 35.5 Å². The normalized spacial score (nSPS) is 22.5. The van der Waals surface area contributed by atoms with Crippen molar-refractivity contribution >= 4 is 15.7 Å². The van der Waals surface area contributed by atoms with E-state index >= 15 is 0 Å². The minimum atomic E-state index is 0.275. The summed E-state index contributed by atoms with van der Waals surface area (Å²) in [5.74, 6) is 2.48. The largest absolute Gasteiger partial charge is 0.0590 e. The van der Waals surface area contributed by atoms with E-state index in [2.05, 4.69) is 68.1 Å². The molecule has 0 unspecified atom stereocenters. The Hall–Kier alpha value is 0.340. The number of allylic oxidation sites excluding steroid dienone is 1. The van der Waals surface area contributed by atoms with Crippen LogP contribution >= 0.6 is 15.7 Å². The first kappa shape index (κ1) is 15.4. The molecule has 0 spiro atoms. The molecule has 17 heavy (non-hydrogen) atoms. The maximum Gasteiger partial charge on any atom is 0.0481 e. The molecule has 1 aliphatic heterocycles. The third-order valence-electron chi connectivity index (χ3n) is 3.76. The van der Waals surface area contributed by atoms with Crippen LogP contribution in [0.25, 0.3) is 0 Å². The fraction of sp³-hybridized carbons (Fsp3) is 0.867. The van der Waals surface area contributed by atoms with E-state index < -0.39 is 0 Å². The number of hydrogen-bond acceptors (Lipinski definition) is 0. The minimum Gasteiger partial charge on any atom is -0.0590 e. The minimum absolute atomic E-state index is 0.275. The van der Waals surface area contributed by atoms with Gasteiger partial charge in [0.05, 0.1) is 0 Å². The molecule has 98 valence electrons. The van der Waals surface area contributed by atoms with E-state index in [0.717, 1.165) is 0 Å². The molecular formula is C15H28P2. The molecule has 1 heterocycles. The summed E-state index contributed by atoms with van der Waals surface area (Å²) in [5.41, 5.74) is 2.54. The maximum atomic E-state index is 2.48. The van der Waals surface area contributed by atoms with E-state index in [1.54, 1.807) is 13.4 Å². The van der Waals surface area contributed by atoms with E-state index in [9.17, 15) is 0 Å². The molecule has 0 aromatic carbocycles. The topological polar surface area (TPSA) is 0 Å². The molecule has 0 aromatic heterocycles. The van der Waals surface area contributed by atoms with Crippen molar-refractivity contribution in [2.24, 2.45) is 16.2 Å². The first-order chi connectivity index (χ1) is 7.34. The van der Waals surface area contributed by atoms with Crippen molar-refractivity contribution in [1.82, 2.24) is 0 Å². The van der Waals surface area contributed by atoms with Crippen LogP contribution in [0.2, 0.25) is 0 Å². The Morgan fingerprint density at radius 2 is 1.24 bits per heavy atom. The van der Waals surface area contributed by atoms with Crippen molar-refractivity contribution in [3.8, 4) is 0 Å². The van der Waals surface area contributed by atoms with Gasteiger partial charge in [-0.25, -0.2) is 0 Å². The van der Waals surface area contributed by atoms with Crippen LogP contribution in [0.15, 0.2) is 11.4 Å². The van der Waals surface area contributed by atoms with Crippen LogP contribution in [0, 0.1) is 16.2 Å². The Bertz CT molecular complexity index is 340. The van der Waals surface area contributed by atoms with Crippen LogP contribution in [0.3, 0.4) is 0 Å². The number of hydrogen-bond donors (Lipinski definition) is 0. The first-order valence-electron chi connectivity index (χ1n) is 6.47. The van der Waals surface area contributed by atoms with Gasteiger partial charge in [0.25, 0.3) is 0 Å². The highest BCUT2D eigenvalue weighted by molar-refractivity contribution is 7.87. The van der Waals surface area contributed by atoms with Gasteiger partial charge in [-0.1, -0.05) is 70.2 Å². The fourth-order valence-corrected chi connectivity index (χ4v) is 8.59. The zero-order valence-corrected chi connectivity index (χ0v) is 14.8. The lowest BCUT2D eigenvalue weighted by atomic mass is 9.58. The third kappa shape index (κ3) is 2.41. The standard InChI is InChI=1S/C15H28P2/c1-12(2,3)11-10-16-17-15(11,13(4,5)6)14(7,8)9/h10H,1-9H3. The summed E-state index contributed by atoms with van der Waals surface area (Å²) < 4.78 is 0. The molecule has 0 saturated carbocycles. The molecule has 0 radical (unpaired) electrons. The van der Waals surface area contributed by atoms with Gasteiger partial charge in [0.2, 0.25) is 0 Å². The molecular weight excluding hydrogens is 242 g/mol. The van der Waals surface area contributed by atoms with Gasteiger partial charge in [-0.15, -0.1) is 0 Å². The van der Waals surface area contributed by atoms with Crippen molar-refractivity contribution in [2.75, 3.05) is 0 Å². The molecule has 0 aromatic rings. The fourth-order valence-electron chi connectivity index (χ4n) is 3.29. The van der Waals surface area contributed by atoms with Gasteiger partial charge < -0.3 is 0 Å². The van der Waals surface area contributed by atoms with Crippen LogP contribution < -0.4 is 0 Å². The molecule has 0 amide bonds. The van der Waals surface area contributed by atoms with E-state index in [-0.39, 0.29) is 5.41 Å². The predicted molar refractivity (Wildman–Crippen MR) is 83.0 cm³/mol. The summed E-state index contributed by atoms with van der Waals surface area (Å²) in [7, 11) is 3.04. The molecule has 0 saturated heterocycles. The van der Waals surface area contributed by atoms with Gasteiger partial charge in [0.1, 0.15) is 0 Å². The molecule has 2 heteroatoms. The zero-order valence-electron chi connectivity index (χ0n) is 13.0. The number of rotatable bonds is 0. The third-order valence-corrected chi connectivity index (χ3v) is 7.73. The predicted octanol–water partition coefficient (Wildman–Crippen LogP) is 6.57. The second-order valence-corrected chi connectivity index (χ2v) is 10.9. The van der Waals surface area contributed by atoms with E-state index in [1.807, 2.05) is 0 Å². The van der Waals surface area contributed by atoms with Gasteiger partial charge in [0.15, 0.2) is 0 Å². The Labute approximate surface area is 111 Å². The van der Waals surface area contributed by atoms with Gasteiger partial charge in [-0.3, -0.25) is 0 Å². The van der Waals surface area contributed by atoms with Crippen molar-refractivity contribution in [3.05, 3.63) is 11.4 Å². The van der Waals surface area contributed by atoms with Gasteiger partial charge >= 0.3 is 0 Å². The Kier molecular flexibility index (Phi) is 3.78. The molecule has 0 fully saturated rings. The summed E-state index contributed by atoms with van der Waals surface area (Å²) in [6.45, 7) is 21.5. The first-order valence-corrected chi connectivity index (χ1v) is 9.03. The lowest BCUT2D eigenvalue weighted by Crippen LogP contribution is -2.51. The summed E-state index contributed by atoms with van der Waals surface area (Å²) in [4.78, 5) is 0. The lowest BCUT2D eigenvalue weighted by molar-refractivity contribution is 0.151. The molecule has 1 rings (SSSR count). The molecule has 0 bridgehead atoms. The van der Waals surface area contributed by atoms with Crippen molar-refractivity contribution < 1.29 is 0 Å². The molecule has 1 aliphatic rings. The molecule has 0 aliphatic carbocycles. The highest BCUT2D eigenvalue weighted by Gasteiger charge is 2.55. The van der Waals surface area contributed by atoms with E-state index in [1.165, 1.54) is 7.87 Å². The van der Waals surface area contributed by atoms with Crippen molar-refractivity contribution in [2.45, 2.75) is 67.5 Å². The van der Waals surface area contributed by atoms with E-state index in [4.69, 9.17) is 0 Å². The van der Waals surface area contributed by atoms with Crippen LogP contribution in [-0.2, 0) is 0 Å². The molecule has 0 nitrogen and oxygen atoms in total. The van der Waals surface area contributed by atoms with Gasteiger partial charge in [-0.2, -0.15) is 0 Å². The highest BCUT2D eigenvalue weighted by atomic mass is 31.7. The summed E-state index contributed by atoms with van der Waals surface area (Å²) in [5, 5.41) is 0.291. The van der Waals surface area contributed by atoms with Crippen LogP contribution in [0.4, 0.5) is 0 Å². The average Bonchev–Trinajstić information content (AvgIpc) is 2.42. The zero-order chi connectivity index (χ0) is 13.7. The molecule has 0 N–H and O–H groups in total. The highest BCUT2D eigenvalue weighted by Crippen LogP contribution is 2.66. The Morgan fingerprint density at radius 3 is 1.47 bits per heavy atom. The second kappa shape index (κ2) is 4.18. The second-order valence-electron chi connectivity index (χ2n) is 8.22. The Balaban J connectivity index is 3.48. The maximum absolute atomic E-state index is 2.48. The van der Waals surface area contributed by atoms with Crippen LogP contribution in [0.5, 0.6) is 0 Å². The van der Waals surface area contributed by atoms with Crippen molar-refractivity contribution in [3.63, 3.8) is 0 Å². The smallest absolute Gasteiger partial charge is 0.0481 e.